The molecule has 0 unspecified atom stereocenters. The van der Waals surface area contributed by atoms with Gasteiger partial charge in [-0.15, -0.1) is 0 Å². The SMILES string of the molecule is OCCCCCCNCCCCC(F)(F)F. The Morgan fingerprint density at radius 1 is 0.812 bits per heavy atom. The van der Waals surface area contributed by atoms with Crippen molar-refractivity contribution in [2.24, 2.45) is 0 Å². The Kier molecular flexibility index (Phi) is 9.72. The Balaban J connectivity index is 2.99. The van der Waals surface area contributed by atoms with Gasteiger partial charge in [-0.05, 0) is 38.8 Å². The third-order valence-corrected chi connectivity index (χ3v) is 2.33. The Morgan fingerprint density at radius 2 is 1.38 bits per heavy atom. The van der Waals surface area contributed by atoms with Crippen molar-refractivity contribution in [3.8, 4) is 0 Å². The van der Waals surface area contributed by atoms with E-state index < -0.39 is 12.6 Å². The molecule has 0 aliphatic rings. The van der Waals surface area contributed by atoms with E-state index in [4.69, 9.17) is 5.11 Å². The minimum Gasteiger partial charge on any atom is -0.396 e. The van der Waals surface area contributed by atoms with Crippen molar-refractivity contribution in [2.75, 3.05) is 19.7 Å². The van der Waals surface area contributed by atoms with Crippen molar-refractivity contribution in [3.63, 3.8) is 0 Å². The lowest BCUT2D eigenvalue weighted by molar-refractivity contribution is -0.135. The zero-order valence-corrected chi connectivity index (χ0v) is 9.65. The molecule has 0 aliphatic carbocycles. The third-order valence-electron chi connectivity index (χ3n) is 2.33. The normalized spacial score (nSPS) is 12.0. The highest BCUT2D eigenvalue weighted by Gasteiger charge is 2.25. The molecule has 0 aromatic carbocycles. The second kappa shape index (κ2) is 9.90. The summed E-state index contributed by atoms with van der Waals surface area (Å²) in [7, 11) is 0. The lowest BCUT2D eigenvalue weighted by Gasteiger charge is -2.06. The van der Waals surface area contributed by atoms with Crippen LogP contribution < -0.4 is 5.32 Å². The first-order valence-corrected chi connectivity index (χ1v) is 5.94. The van der Waals surface area contributed by atoms with Crippen LogP contribution in [0.1, 0.15) is 44.9 Å². The van der Waals surface area contributed by atoms with Gasteiger partial charge in [0.15, 0.2) is 0 Å². The molecule has 0 aromatic heterocycles. The van der Waals surface area contributed by atoms with Gasteiger partial charge < -0.3 is 10.4 Å². The maximum atomic E-state index is 11.8. The minimum atomic E-state index is -4.01. The van der Waals surface area contributed by atoms with Gasteiger partial charge in [0.2, 0.25) is 0 Å². The maximum Gasteiger partial charge on any atom is 0.389 e. The third kappa shape index (κ3) is 13.7. The van der Waals surface area contributed by atoms with Crippen LogP contribution in [0.2, 0.25) is 0 Å². The van der Waals surface area contributed by atoms with E-state index >= 15 is 0 Å². The summed E-state index contributed by atoms with van der Waals surface area (Å²) >= 11 is 0. The maximum absolute atomic E-state index is 11.8. The fourth-order valence-electron chi connectivity index (χ4n) is 1.42. The average molecular weight is 241 g/mol. The minimum absolute atomic E-state index is 0.209. The molecule has 0 aliphatic heterocycles. The highest BCUT2D eigenvalue weighted by atomic mass is 19.4. The summed E-state index contributed by atoms with van der Waals surface area (Å²) < 4.78 is 35.3. The van der Waals surface area contributed by atoms with Gasteiger partial charge in [0.1, 0.15) is 0 Å². The van der Waals surface area contributed by atoms with Crippen molar-refractivity contribution in [3.05, 3.63) is 0 Å². The first-order valence-electron chi connectivity index (χ1n) is 5.94. The molecule has 0 atom stereocenters. The highest BCUT2D eigenvalue weighted by molar-refractivity contribution is 4.54. The van der Waals surface area contributed by atoms with Gasteiger partial charge >= 0.3 is 6.18 Å². The average Bonchev–Trinajstić information content (AvgIpc) is 2.19. The Morgan fingerprint density at radius 3 is 1.94 bits per heavy atom. The van der Waals surface area contributed by atoms with Crippen molar-refractivity contribution >= 4 is 0 Å². The predicted octanol–water partition coefficient (Wildman–Crippen LogP) is 2.86. The molecule has 5 heteroatoms. The van der Waals surface area contributed by atoms with Crippen molar-refractivity contribution in [1.82, 2.24) is 5.32 Å². The van der Waals surface area contributed by atoms with Crippen LogP contribution in [0.3, 0.4) is 0 Å². The Bertz CT molecular complexity index is 151. The lowest BCUT2D eigenvalue weighted by atomic mass is 10.2. The molecule has 0 aromatic rings. The Labute approximate surface area is 95.2 Å². The number of hydrogen-bond acceptors (Lipinski definition) is 2. The van der Waals surface area contributed by atoms with Crippen LogP contribution in [0, 0.1) is 0 Å². The molecule has 2 N–H and O–H groups in total. The van der Waals surface area contributed by atoms with E-state index in [1.807, 2.05) is 0 Å². The van der Waals surface area contributed by atoms with Gasteiger partial charge in [0.25, 0.3) is 0 Å². The molecule has 0 fully saturated rings. The van der Waals surface area contributed by atoms with Crippen LogP contribution in [0.5, 0.6) is 0 Å². The molecule has 16 heavy (non-hydrogen) atoms. The van der Waals surface area contributed by atoms with E-state index in [1.54, 1.807) is 0 Å². The molecule has 0 heterocycles. The molecule has 0 bridgehead atoms. The molecule has 98 valence electrons. The summed E-state index contributed by atoms with van der Waals surface area (Å²) in [5, 5.41) is 11.6. The van der Waals surface area contributed by atoms with Crippen LogP contribution >= 0.6 is 0 Å². The second-order valence-corrected chi connectivity index (χ2v) is 3.96. The summed E-state index contributed by atoms with van der Waals surface area (Å²) in [6.07, 6.45) is 0.0554. The topological polar surface area (TPSA) is 32.3 Å². The molecule has 0 spiro atoms. The number of aliphatic hydroxyl groups is 1. The number of halogens is 3. The summed E-state index contributed by atoms with van der Waals surface area (Å²) in [5.41, 5.74) is 0. The van der Waals surface area contributed by atoms with Crippen molar-refractivity contribution in [2.45, 2.75) is 51.1 Å². The van der Waals surface area contributed by atoms with Crippen LogP contribution in [0.25, 0.3) is 0 Å². The number of unbranched alkanes of at least 4 members (excludes halogenated alkanes) is 4. The standard InChI is InChI=1S/C11H22F3NO/c12-11(13,14)7-3-5-9-15-8-4-1-2-6-10-16/h15-16H,1-10H2. The Hall–Kier alpha value is -0.290. The van der Waals surface area contributed by atoms with E-state index in [-0.39, 0.29) is 13.0 Å². The molecule has 0 amide bonds. The summed E-state index contributed by atoms with van der Waals surface area (Å²) in [5.74, 6) is 0. The molecule has 0 saturated heterocycles. The first-order chi connectivity index (χ1) is 7.56. The van der Waals surface area contributed by atoms with Gasteiger partial charge in [-0.3, -0.25) is 0 Å². The van der Waals surface area contributed by atoms with Crippen molar-refractivity contribution < 1.29 is 18.3 Å². The molecule has 2 nitrogen and oxygen atoms in total. The number of rotatable bonds is 10. The monoisotopic (exact) mass is 241 g/mol. The molecule has 0 radical (unpaired) electrons. The van der Waals surface area contributed by atoms with Crippen LogP contribution in [-0.4, -0.2) is 31.0 Å². The summed E-state index contributed by atoms with van der Waals surface area (Å²) in [6, 6.07) is 0. The molecular weight excluding hydrogens is 219 g/mol. The van der Waals surface area contributed by atoms with E-state index in [0.29, 0.717) is 13.0 Å². The predicted molar refractivity (Wildman–Crippen MR) is 58.3 cm³/mol. The van der Waals surface area contributed by atoms with E-state index in [9.17, 15) is 13.2 Å². The van der Waals surface area contributed by atoms with Gasteiger partial charge in [0, 0.05) is 13.0 Å². The lowest BCUT2D eigenvalue weighted by Crippen LogP contribution is -2.17. The van der Waals surface area contributed by atoms with Gasteiger partial charge in [-0.1, -0.05) is 12.8 Å². The first kappa shape index (κ1) is 15.7. The number of aliphatic hydroxyl groups excluding tert-OH is 1. The van der Waals surface area contributed by atoms with Crippen LogP contribution in [-0.2, 0) is 0 Å². The quantitative estimate of drug-likeness (QED) is 0.576. The van der Waals surface area contributed by atoms with Crippen LogP contribution in [0.4, 0.5) is 13.2 Å². The smallest absolute Gasteiger partial charge is 0.389 e. The molecular formula is C11H22F3NO. The fourth-order valence-corrected chi connectivity index (χ4v) is 1.42. The highest BCUT2D eigenvalue weighted by Crippen LogP contribution is 2.21. The van der Waals surface area contributed by atoms with Gasteiger partial charge in [0.05, 0.1) is 0 Å². The fraction of sp³-hybridized carbons (Fsp3) is 1.00. The zero-order chi connectivity index (χ0) is 12.3. The van der Waals surface area contributed by atoms with E-state index in [2.05, 4.69) is 5.32 Å². The second-order valence-electron chi connectivity index (χ2n) is 3.96. The van der Waals surface area contributed by atoms with Crippen LogP contribution in [0.15, 0.2) is 0 Å². The van der Waals surface area contributed by atoms with Gasteiger partial charge in [-0.2, -0.15) is 13.2 Å². The number of alkyl halides is 3. The summed E-state index contributed by atoms with van der Waals surface area (Å²) in [6.45, 7) is 1.76. The zero-order valence-electron chi connectivity index (χ0n) is 9.65. The summed E-state index contributed by atoms with van der Waals surface area (Å²) in [4.78, 5) is 0. The van der Waals surface area contributed by atoms with E-state index in [1.165, 1.54) is 0 Å². The molecule has 0 rings (SSSR count). The van der Waals surface area contributed by atoms with E-state index in [0.717, 1.165) is 32.2 Å². The van der Waals surface area contributed by atoms with Gasteiger partial charge in [-0.25, -0.2) is 0 Å². The van der Waals surface area contributed by atoms with Crippen molar-refractivity contribution in [1.29, 1.82) is 0 Å². The molecule has 0 saturated carbocycles. The number of hydrogen-bond donors (Lipinski definition) is 2. The number of nitrogens with one attached hydrogen (secondary N) is 1. The largest absolute Gasteiger partial charge is 0.396 e.